The minimum Gasteiger partial charge on any atom is -0.450 e. The molecule has 0 N–H and O–H groups in total. The van der Waals surface area contributed by atoms with Gasteiger partial charge < -0.3 is 14.1 Å². The number of carbonyl (C=O) groups is 1. The molecular formula is C24H22ClN3O6. The lowest BCUT2D eigenvalue weighted by Crippen LogP contribution is -2.42. The molecule has 0 spiro atoms. The fourth-order valence-corrected chi connectivity index (χ4v) is 4.76. The summed E-state index contributed by atoms with van der Waals surface area (Å²) < 4.78 is 11.4. The maximum Gasteiger partial charge on any atom is 0.290 e. The molecule has 10 heteroatoms. The second-order valence-electron chi connectivity index (χ2n) is 8.48. The van der Waals surface area contributed by atoms with Crippen molar-refractivity contribution in [1.82, 2.24) is 9.80 Å². The fourth-order valence-electron chi connectivity index (χ4n) is 4.60. The summed E-state index contributed by atoms with van der Waals surface area (Å²) in [6, 6.07) is 8.41. The molecule has 0 saturated carbocycles. The molecule has 1 unspecified atom stereocenters. The zero-order valence-corrected chi connectivity index (χ0v) is 19.2. The number of halogens is 1. The zero-order chi connectivity index (χ0) is 24.0. The monoisotopic (exact) mass is 483 g/mol. The predicted molar refractivity (Wildman–Crippen MR) is 125 cm³/mol. The van der Waals surface area contributed by atoms with Gasteiger partial charge in [-0.25, -0.2) is 0 Å². The molecule has 2 aliphatic rings. The van der Waals surface area contributed by atoms with Crippen LogP contribution in [0, 0.1) is 17.0 Å². The lowest BCUT2D eigenvalue weighted by molar-refractivity contribution is -0.384. The van der Waals surface area contributed by atoms with Crippen molar-refractivity contribution in [2.45, 2.75) is 13.0 Å². The standard InChI is InChI=1S/C24H22ClN3O6/c1-14-11-19-17(13-18(14)25)22(29)20-21(15-3-2-4-16(12-15)28(31)32)27(24(30)23(20)34-19)6-5-26-7-9-33-10-8-26/h2-4,11-13,21H,5-10H2,1H3. The van der Waals surface area contributed by atoms with Crippen LogP contribution in [0.25, 0.3) is 11.0 Å². The summed E-state index contributed by atoms with van der Waals surface area (Å²) in [7, 11) is 0. The summed E-state index contributed by atoms with van der Waals surface area (Å²) in [6.07, 6.45) is 0. The van der Waals surface area contributed by atoms with Gasteiger partial charge in [-0.2, -0.15) is 0 Å². The molecule has 0 radical (unpaired) electrons. The molecule has 1 amide bonds. The van der Waals surface area contributed by atoms with E-state index in [9.17, 15) is 19.7 Å². The van der Waals surface area contributed by atoms with Crippen molar-refractivity contribution in [2.75, 3.05) is 39.4 Å². The van der Waals surface area contributed by atoms with Gasteiger partial charge in [-0.15, -0.1) is 0 Å². The Morgan fingerprint density at radius 2 is 1.91 bits per heavy atom. The maximum absolute atomic E-state index is 13.6. The molecule has 0 aliphatic carbocycles. The van der Waals surface area contributed by atoms with E-state index in [1.165, 1.54) is 12.1 Å². The van der Waals surface area contributed by atoms with Crippen LogP contribution in [0.5, 0.6) is 0 Å². The first kappa shape index (κ1) is 22.5. The summed E-state index contributed by atoms with van der Waals surface area (Å²) in [6.45, 7) is 5.42. The molecule has 0 bridgehead atoms. The quantitative estimate of drug-likeness (QED) is 0.403. The summed E-state index contributed by atoms with van der Waals surface area (Å²) in [5.41, 5.74) is 1.19. The van der Waals surface area contributed by atoms with Crippen molar-refractivity contribution in [3.8, 4) is 0 Å². The third-order valence-electron chi connectivity index (χ3n) is 6.40. The molecule has 1 fully saturated rings. The Bertz CT molecular complexity index is 1360. The van der Waals surface area contributed by atoms with Gasteiger partial charge in [-0.05, 0) is 30.2 Å². The Hall–Kier alpha value is -3.27. The number of rotatable bonds is 5. The smallest absolute Gasteiger partial charge is 0.290 e. The van der Waals surface area contributed by atoms with Gasteiger partial charge in [0.15, 0.2) is 5.43 Å². The number of hydrogen-bond donors (Lipinski definition) is 0. The van der Waals surface area contributed by atoms with Gasteiger partial charge in [-0.3, -0.25) is 24.6 Å². The van der Waals surface area contributed by atoms with Crippen LogP contribution in [0.2, 0.25) is 5.02 Å². The van der Waals surface area contributed by atoms with Crippen LogP contribution >= 0.6 is 11.6 Å². The highest BCUT2D eigenvalue weighted by Gasteiger charge is 2.43. The van der Waals surface area contributed by atoms with Gasteiger partial charge in [0.2, 0.25) is 5.76 Å². The third kappa shape index (κ3) is 3.85. The SMILES string of the molecule is Cc1cc2oc3c(c(=O)c2cc1Cl)C(c1cccc([N+](=O)[O-])c1)N(CCN1CCOCC1)C3=O. The number of ether oxygens (including phenoxy) is 1. The maximum atomic E-state index is 13.6. The topological polar surface area (TPSA) is 106 Å². The normalized spacial score (nSPS) is 18.5. The molecule has 1 atom stereocenters. The lowest BCUT2D eigenvalue weighted by atomic mass is 9.98. The second kappa shape index (κ2) is 8.83. The number of aryl methyl sites for hydroxylation is 1. The number of amides is 1. The highest BCUT2D eigenvalue weighted by Crippen LogP contribution is 2.39. The molecule has 1 aromatic heterocycles. The minimum absolute atomic E-state index is 0.0299. The average molecular weight is 484 g/mol. The molecular weight excluding hydrogens is 462 g/mol. The Morgan fingerprint density at radius 3 is 2.65 bits per heavy atom. The number of fused-ring (bicyclic) bond motifs is 2. The Kier molecular flexibility index (Phi) is 5.85. The number of nitro benzene ring substituents is 1. The Morgan fingerprint density at radius 1 is 1.15 bits per heavy atom. The van der Waals surface area contributed by atoms with Crippen molar-refractivity contribution in [3.63, 3.8) is 0 Å². The van der Waals surface area contributed by atoms with Gasteiger partial charge in [0.25, 0.3) is 11.6 Å². The number of carbonyl (C=O) groups excluding carboxylic acids is 1. The minimum atomic E-state index is -0.802. The van der Waals surface area contributed by atoms with Crippen LogP contribution < -0.4 is 5.43 Å². The van der Waals surface area contributed by atoms with E-state index < -0.39 is 16.9 Å². The average Bonchev–Trinajstić information content (AvgIpc) is 3.11. The van der Waals surface area contributed by atoms with Gasteiger partial charge in [0.05, 0.1) is 35.1 Å². The van der Waals surface area contributed by atoms with E-state index in [0.717, 1.165) is 18.7 Å². The Balaban J connectivity index is 1.64. The highest BCUT2D eigenvalue weighted by atomic mass is 35.5. The van der Waals surface area contributed by atoms with E-state index in [4.69, 9.17) is 20.8 Å². The number of hydrogen-bond acceptors (Lipinski definition) is 7. The number of nitrogens with zero attached hydrogens (tertiary/aromatic N) is 3. The van der Waals surface area contributed by atoms with Gasteiger partial charge >= 0.3 is 0 Å². The van der Waals surface area contributed by atoms with Crippen LogP contribution in [0.1, 0.15) is 33.3 Å². The van der Waals surface area contributed by atoms with E-state index in [-0.39, 0.29) is 33.4 Å². The van der Waals surface area contributed by atoms with E-state index in [1.807, 2.05) is 0 Å². The lowest BCUT2D eigenvalue weighted by Gasteiger charge is -2.31. The Labute approximate surface area is 199 Å². The number of morpholine rings is 1. The van der Waals surface area contributed by atoms with E-state index in [1.54, 1.807) is 36.1 Å². The van der Waals surface area contributed by atoms with E-state index in [2.05, 4.69) is 4.90 Å². The van der Waals surface area contributed by atoms with Crippen LogP contribution in [-0.4, -0.2) is 60.0 Å². The predicted octanol–water partition coefficient (Wildman–Crippen LogP) is 3.54. The van der Waals surface area contributed by atoms with E-state index in [0.29, 0.717) is 36.9 Å². The highest BCUT2D eigenvalue weighted by molar-refractivity contribution is 6.32. The van der Waals surface area contributed by atoms with Crippen LogP contribution in [-0.2, 0) is 4.74 Å². The first-order valence-corrected chi connectivity index (χ1v) is 11.3. The van der Waals surface area contributed by atoms with Gasteiger partial charge in [0.1, 0.15) is 5.58 Å². The summed E-state index contributed by atoms with van der Waals surface area (Å²) >= 11 is 6.26. The molecule has 176 valence electrons. The number of non-ortho nitro benzene ring substituents is 1. The largest absolute Gasteiger partial charge is 0.450 e. The number of benzene rings is 2. The van der Waals surface area contributed by atoms with Crippen molar-refractivity contribution in [2.24, 2.45) is 0 Å². The van der Waals surface area contributed by atoms with Crippen molar-refractivity contribution in [3.05, 3.63) is 84.2 Å². The molecule has 2 aromatic carbocycles. The summed E-state index contributed by atoms with van der Waals surface area (Å²) in [4.78, 5) is 41.8. The molecule has 3 aromatic rings. The molecule has 2 aliphatic heterocycles. The van der Waals surface area contributed by atoms with E-state index >= 15 is 0 Å². The van der Waals surface area contributed by atoms with Crippen molar-refractivity contribution in [1.29, 1.82) is 0 Å². The summed E-state index contributed by atoms with van der Waals surface area (Å²) in [5.74, 6) is -0.441. The van der Waals surface area contributed by atoms with Gasteiger partial charge in [0, 0.05) is 43.3 Å². The first-order chi connectivity index (χ1) is 16.3. The van der Waals surface area contributed by atoms with Crippen LogP contribution in [0.4, 0.5) is 5.69 Å². The molecule has 34 heavy (non-hydrogen) atoms. The van der Waals surface area contributed by atoms with Crippen LogP contribution in [0.3, 0.4) is 0 Å². The third-order valence-corrected chi connectivity index (χ3v) is 6.81. The molecule has 3 heterocycles. The van der Waals surface area contributed by atoms with Gasteiger partial charge in [-0.1, -0.05) is 23.7 Å². The zero-order valence-electron chi connectivity index (χ0n) is 18.5. The molecule has 5 rings (SSSR count). The first-order valence-electron chi connectivity index (χ1n) is 11.0. The summed E-state index contributed by atoms with van der Waals surface area (Å²) in [5, 5.41) is 12.1. The van der Waals surface area contributed by atoms with Crippen LogP contribution in [0.15, 0.2) is 45.6 Å². The van der Waals surface area contributed by atoms with Crippen molar-refractivity contribution >= 4 is 34.2 Å². The number of nitro groups is 1. The molecule has 9 nitrogen and oxygen atoms in total. The fraction of sp³-hybridized carbons (Fsp3) is 0.333. The second-order valence-corrected chi connectivity index (χ2v) is 8.89. The molecule has 1 saturated heterocycles. The van der Waals surface area contributed by atoms with Crippen molar-refractivity contribution < 1.29 is 18.9 Å².